The van der Waals surface area contributed by atoms with Crippen molar-refractivity contribution in [2.75, 3.05) is 24.5 Å². The Morgan fingerprint density at radius 3 is 2.20 bits per heavy atom. The summed E-state index contributed by atoms with van der Waals surface area (Å²) < 4.78 is 6.36. The Hall–Kier alpha value is -5.32. The molecule has 290 valence electrons. The number of halogens is 1. The number of fused-ring (bicyclic) bond motifs is 2. The number of ether oxygens (including phenoxy) is 1. The van der Waals surface area contributed by atoms with Gasteiger partial charge in [0.2, 0.25) is 17.5 Å². The zero-order chi connectivity index (χ0) is 39.7. The number of hydrogen-bond donors (Lipinski definition) is 2. The summed E-state index contributed by atoms with van der Waals surface area (Å²) in [7, 11) is 0. The molecule has 2 aromatic carbocycles. The first-order chi connectivity index (χ1) is 26.6. The monoisotopic (exact) mass is 777 g/mol. The topological polar surface area (TPSA) is 146 Å². The van der Waals surface area contributed by atoms with E-state index in [2.05, 4.69) is 58.0 Å². The van der Waals surface area contributed by atoms with Crippen molar-refractivity contribution in [1.29, 1.82) is 0 Å². The highest BCUT2D eigenvalue weighted by atomic mass is 35.5. The van der Waals surface area contributed by atoms with Crippen LogP contribution in [0.1, 0.15) is 95.7 Å². The maximum atomic E-state index is 13.4. The van der Waals surface area contributed by atoms with E-state index in [-0.39, 0.29) is 41.7 Å². The minimum Gasteiger partial charge on any atom is -0.489 e. The number of carbonyl (C=O) groups is 5. The zero-order valence-corrected chi connectivity index (χ0v) is 32.6. The van der Waals surface area contributed by atoms with Crippen molar-refractivity contribution in [2.45, 2.75) is 84.7 Å². The van der Waals surface area contributed by atoms with Crippen LogP contribution in [0.3, 0.4) is 0 Å². The average molecular weight is 778 g/mol. The highest BCUT2D eigenvalue weighted by Crippen LogP contribution is 2.55. The molecule has 56 heavy (non-hydrogen) atoms. The molecule has 0 spiro atoms. The molecule has 1 aliphatic carbocycles. The number of nitrogens with zero attached hydrogens (tertiary/aromatic N) is 5. The van der Waals surface area contributed by atoms with Crippen molar-refractivity contribution < 1.29 is 28.7 Å². The van der Waals surface area contributed by atoms with Crippen LogP contribution in [-0.2, 0) is 22.7 Å². The fraction of sp³-hybridized carbons (Fsp3) is 0.452. The van der Waals surface area contributed by atoms with Gasteiger partial charge in [-0.2, -0.15) is 0 Å². The first kappa shape index (κ1) is 37.6. The molecule has 13 nitrogen and oxygen atoms in total. The van der Waals surface area contributed by atoms with E-state index in [4.69, 9.17) is 22.9 Å². The fourth-order valence-electron chi connectivity index (χ4n) is 9.81. The van der Waals surface area contributed by atoms with Crippen molar-refractivity contribution in [3.05, 3.63) is 93.0 Å². The van der Waals surface area contributed by atoms with Gasteiger partial charge in [0.15, 0.2) is 0 Å². The molecule has 2 saturated heterocycles. The van der Waals surface area contributed by atoms with Gasteiger partial charge in [-0.25, -0.2) is 9.83 Å². The summed E-state index contributed by atoms with van der Waals surface area (Å²) >= 11 is 6.25. The predicted molar refractivity (Wildman–Crippen MR) is 207 cm³/mol. The molecule has 0 bridgehead atoms. The van der Waals surface area contributed by atoms with Crippen LogP contribution >= 0.6 is 11.6 Å². The van der Waals surface area contributed by atoms with E-state index in [0.29, 0.717) is 52.3 Å². The van der Waals surface area contributed by atoms with Crippen LogP contribution in [0.15, 0.2) is 48.7 Å². The van der Waals surface area contributed by atoms with Gasteiger partial charge in [-0.05, 0) is 72.7 Å². The van der Waals surface area contributed by atoms with Gasteiger partial charge in [0.1, 0.15) is 23.6 Å². The van der Waals surface area contributed by atoms with Gasteiger partial charge in [0.05, 0.1) is 34.6 Å². The average Bonchev–Trinajstić information content (AvgIpc) is 3.67. The van der Waals surface area contributed by atoms with Gasteiger partial charge in [-0.3, -0.25) is 39.1 Å². The number of anilines is 1. The Bertz CT molecular complexity index is 2150. The second-order valence-electron chi connectivity index (χ2n) is 16.9. The third kappa shape index (κ3) is 6.48. The number of nitrogens with one attached hydrogen (secondary N) is 2. The lowest BCUT2D eigenvalue weighted by atomic mass is 9.49. The largest absolute Gasteiger partial charge is 0.489 e. The maximum absolute atomic E-state index is 13.4. The number of benzene rings is 2. The van der Waals surface area contributed by atoms with Gasteiger partial charge in [0.25, 0.3) is 17.7 Å². The first-order valence-corrected chi connectivity index (χ1v) is 19.5. The molecule has 2 N–H and O–H groups in total. The Balaban J connectivity index is 0.822. The number of aromatic nitrogens is 1. The molecule has 5 heterocycles. The molecule has 1 atom stereocenters. The Morgan fingerprint density at radius 1 is 0.964 bits per heavy atom. The number of pyridine rings is 1. The second-order valence-corrected chi connectivity index (χ2v) is 17.3. The van der Waals surface area contributed by atoms with E-state index < -0.39 is 29.7 Å². The number of piperidine rings is 2. The molecule has 14 heteroatoms. The number of rotatable bonds is 8. The molecule has 1 unspecified atom stereocenters. The maximum Gasteiger partial charge on any atom is 0.270 e. The summed E-state index contributed by atoms with van der Waals surface area (Å²) in [6, 6.07) is 11.3. The van der Waals surface area contributed by atoms with E-state index in [1.165, 1.54) is 0 Å². The summed E-state index contributed by atoms with van der Waals surface area (Å²) in [4.78, 5) is 77.8. The molecule has 1 aromatic heterocycles. The van der Waals surface area contributed by atoms with E-state index in [0.717, 1.165) is 54.2 Å². The lowest BCUT2D eigenvalue weighted by Crippen LogP contribution is -2.74. The normalized spacial score (nSPS) is 24.2. The molecular formula is C42H44ClN7O6. The Kier molecular flexibility index (Phi) is 9.40. The van der Waals surface area contributed by atoms with E-state index in [1.54, 1.807) is 30.5 Å². The lowest BCUT2D eigenvalue weighted by Gasteiger charge is -2.63. The standard InChI is InChI=1S/C42H44ClN7O6/c1-41(2)39(42(3,4)40(41)56-27-7-9-31(44-5)30(43)18-27)47-35(52)32-8-6-26(19-45-32)49-14-12-23(13-15-49)20-48-21-24-16-28-29(17-25(24)22-48)38(55)50(37(28)54)33-10-11-34(51)46-36(33)53/h6-9,16-19,23,33,39-40H,10-15,20-22H2,1-4H3,(H,47,52)(H,46,51,53). The van der Waals surface area contributed by atoms with Crippen LogP contribution < -0.4 is 20.3 Å². The third-order valence-electron chi connectivity index (χ3n) is 12.4. The van der Waals surface area contributed by atoms with E-state index in [9.17, 15) is 24.0 Å². The fourth-order valence-corrected chi connectivity index (χ4v) is 10.0. The number of imide groups is 2. The minimum atomic E-state index is -0.970. The lowest BCUT2D eigenvalue weighted by molar-refractivity contribution is -0.164. The molecule has 1 saturated carbocycles. The van der Waals surface area contributed by atoms with E-state index in [1.807, 2.05) is 18.2 Å². The number of hydrogen-bond acceptors (Lipinski definition) is 9. The molecule has 5 amide bonds. The van der Waals surface area contributed by atoms with Crippen molar-refractivity contribution in [2.24, 2.45) is 16.7 Å². The van der Waals surface area contributed by atoms with Crippen molar-refractivity contribution >= 4 is 52.5 Å². The molecule has 3 fully saturated rings. The Morgan fingerprint density at radius 2 is 1.62 bits per heavy atom. The molecule has 0 radical (unpaired) electrons. The highest BCUT2D eigenvalue weighted by Gasteiger charge is 2.64. The molecule has 8 rings (SSSR count). The van der Waals surface area contributed by atoms with Crippen LogP contribution in [0.4, 0.5) is 11.4 Å². The molecule has 5 aliphatic rings. The number of amides is 5. The summed E-state index contributed by atoms with van der Waals surface area (Å²) in [5.41, 5.74) is 3.64. The van der Waals surface area contributed by atoms with Crippen molar-refractivity contribution in [1.82, 2.24) is 25.4 Å². The smallest absolute Gasteiger partial charge is 0.270 e. The summed E-state index contributed by atoms with van der Waals surface area (Å²) in [6.07, 6.45) is 3.79. The van der Waals surface area contributed by atoms with Crippen molar-refractivity contribution in [3.8, 4) is 5.75 Å². The number of carbonyl (C=O) groups excluding carboxylic acids is 5. The predicted octanol–water partition coefficient (Wildman–Crippen LogP) is 5.53. The van der Waals surface area contributed by atoms with Gasteiger partial charge < -0.3 is 15.0 Å². The summed E-state index contributed by atoms with van der Waals surface area (Å²) in [5, 5.41) is 5.80. The summed E-state index contributed by atoms with van der Waals surface area (Å²) in [5.74, 6) is -1.12. The SMILES string of the molecule is [C-]#[N+]c1ccc(OC2C(C)(C)C(NC(=O)c3ccc(N4CCC(CN5Cc6cc7c(cc6C5)C(=O)N(C5CCC(=O)NC5=O)C7=O)CC4)cn3)C2(C)C)cc1Cl. The van der Waals surface area contributed by atoms with E-state index >= 15 is 0 Å². The third-order valence-corrected chi connectivity index (χ3v) is 12.7. The molecule has 3 aromatic rings. The van der Waals surface area contributed by atoms with Crippen LogP contribution in [-0.4, -0.2) is 82.1 Å². The van der Waals surface area contributed by atoms with Gasteiger partial charge in [-0.15, -0.1) is 0 Å². The molecule has 4 aliphatic heterocycles. The Labute approximate surface area is 330 Å². The second kappa shape index (κ2) is 14.0. The van der Waals surface area contributed by atoms with Gasteiger partial charge >= 0.3 is 0 Å². The molecular weight excluding hydrogens is 734 g/mol. The van der Waals surface area contributed by atoms with Crippen LogP contribution in [0, 0.1) is 23.3 Å². The van der Waals surface area contributed by atoms with Crippen LogP contribution in [0.25, 0.3) is 4.85 Å². The highest BCUT2D eigenvalue weighted by molar-refractivity contribution is 6.33. The minimum absolute atomic E-state index is 0.0911. The first-order valence-electron chi connectivity index (χ1n) is 19.1. The van der Waals surface area contributed by atoms with Crippen molar-refractivity contribution in [3.63, 3.8) is 0 Å². The van der Waals surface area contributed by atoms with Gasteiger partial charge in [0, 0.05) is 56.0 Å². The summed E-state index contributed by atoms with van der Waals surface area (Å²) in [6.45, 7) is 19.5. The quantitative estimate of drug-likeness (QED) is 0.223. The van der Waals surface area contributed by atoms with Gasteiger partial charge in [-0.1, -0.05) is 45.4 Å². The van der Waals surface area contributed by atoms with Crippen LogP contribution in [0.2, 0.25) is 5.02 Å². The van der Waals surface area contributed by atoms with Crippen LogP contribution in [0.5, 0.6) is 5.75 Å². The zero-order valence-electron chi connectivity index (χ0n) is 31.9.